The zero-order chi connectivity index (χ0) is 11.0. The van der Waals surface area contributed by atoms with Crippen LogP contribution in [0.1, 0.15) is 15.9 Å². The van der Waals surface area contributed by atoms with Crippen LogP contribution in [0.4, 0.5) is 5.82 Å². The van der Waals surface area contributed by atoms with E-state index in [0.717, 1.165) is 16.5 Å². The summed E-state index contributed by atoms with van der Waals surface area (Å²) in [5.74, 6) is -0.0563. The lowest BCUT2D eigenvalue weighted by Crippen LogP contribution is -2.04. The second kappa shape index (κ2) is 3.31. The van der Waals surface area contributed by atoms with Crippen LogP contribution in [-0.2, 0) is 4.74 Å². The van der Waals surface area contributed by atoms with Crippen molar-refractivity contribution in [3.05, 3.63) is 29.3 Å². The van der Waals surface area contributed by atoms with E-state index in [1.54, 1.807) is 0 Å². The molecule has 15 heavy (non-hydrogen) atoms. The van der Waals surface area contributed by atoms with Crippen molar-refractivity contribution in [2.24, 2.45) is 0 Å². The van der Waals surface area contributed by atoms with Crippen molar-refractivity contribution in [2.75, 3.05) is 12.8 Å². The van der Waals surface area contributed by atoms with Gasteiger partial charge in [-0.05, 0) is 18.6 Å². The van der Waals surface area contributed by atoms with E-state index in [-0.39, 0.29) is 0 Å². The van der Waals surface area contributed by atoms with Gasteiger partial charge >= 0.3 is 5.97 Å². The van der Waals surface area contributed by atoms with Crippen molar-refractivity contribution in [1.82, 2.24) is 4.98 Å². The Bertz CT molecular complexity index is 529. The third kappa shape index (κ3) is 1.34. The van der Waals surface area contributed by atoms with Crippen LogP contribution in [0.25, 0.3) is 10.9 Å². The molecule has 0 fully saturated rings. The fourth-order valence-corrected chi connectivity index (χ4v) is 1.76. The Kier molecular flexibility index (Phi) is 2.11. The molecule has 0 saturated heterocycles. The number of hydrogen-bond acceptors (Lipinski definition) is 3. The lowest BCUT2D eigenvalue weighted by atomic mass is 10.1. The molecule has 2 aromatic rings. The monoisotopic (exact) mass is 204 g/mol. The van der Waals surface area contributed by atoms with Gasteiger partial charge in [0, 0.05) is 10.9 Å². The van der Waals surface area contributed by atoms with Gasteiger partial charge in [0.05, 0.1) is 7.11 Å². The highest BCUT2D eigenvalue weighted by Gasteiger charge is 2.18. The number of aromatic amines is 1. The molecule has 0 radical (unpaired) electrons. The Labute approximate surface area is 87.0 Å². The molecule has 0 saturated carbocycles. The number of nitrogen functional groups attached to an aromatic ring is 1. The van der Waals surface area contributed by atoms with Gasteiger partial charge in [0.1, 0.15) is 11.4 Å². The smallest absolute Gasteiger partial charge is 0.342 e. The highest BCUT2D eigenvalue weighted by molar-refractivity contribution is 6.09. The molecular weight excluding hydrogens is 192 g/mol. The van der Waals surface area contributed by atoms with E-state index in [9.17, 15) is 4.79 Å². The lowest BCUT2D eigenvalue weighted by Gasteiger charge is -2.00. The van der Waals surface area contributed by atoms with Crippen molar-refractivity contribution in [1.29, 1.82) is 0 Å². The quantitative estimate of drug-likeness (QED) is 0.696. The normalized spacial score (nSPS) is 10.5. The molecular formula is C11H12N2O2. The van der Waals surface area contributed by atoms with Crippen LogP contribution in [0.2, 0.25) is 0 Å². The highest BCUT2D eigenvalue weighted by Crippen LogP contribution is 2.27. The van der Waals surface area contributed by atoms with E-state index >= 15 is 0 Å². The van der Waals surface area contributed by atoms with Gasteiger partial charge in [0.25, 0.3) is 0 Å². The fourth-order valence-electron chi connectivity index (χ4n) is 1.76. The highest BCUT2D eigenvalue weighted by atomic mass is 16.5. The van der Waals surface area contributed by atoms with E-state index in [4.69, 9.17) is 10.5 Å². The first-order valence-corrected chi connectivity index (χ1v) is 4.60. The Balaban J connectivity index is 2.82. The Morgan fingerprint density at radius 1 is 1.47 bits per heavy atom. The predicted octanol–water partition coefficient (Wildman–Crippen LogP) is 1.85. The summed E-state index contributed by atoms with van der Waals surface area (Å²) in [5.41, 5.74) is 8.02. The zero-order valence-corrected chi connectivity index (χ0v) is 8.63. The minimum Gasteiger partial charge on any atom is -0.465 e. The molecule has 0 unspecified atom stereocenters. The van der Waals surface area contributed by atoms with Crippen molar-refractivity contribution in [3.63, 3.8) is 0 Å². The molecule has 0 aliphatic rings. The summed E-state index contributed by atoms with van der Waals surface area (Å²) >= 11 is 0. The van der Waals surface area contributed by atoms with Gasteiger partial charge in [-0.2, -0.15) is 0 Å². The van der Waals surface area contributed by atoms with Crippen LogP contribution in [0.5, 0.6) is 0 Å². The molecule has 4 heteroatoms. The minimum atomic E-state index is -0.409. The second-order valence-corrected chi connectivity index (χ2v) is 3.40. The van der Waals surface area contributed by atoms with Gasteiger partial charge in [-0.15, -0.1) is 0 Å². The van der Waals surface area contributed by atoms with Crippen LogP contribution in [0.15, 0.2) is 18.2 Å². The summed E-state index contributed by atoms with van der Waals surface area (Å²) < 4.78 is 4.70. The Hall–Kier alpha value is -1.97. The number of fused-ring (bicyclic) bond motifs is 1. The molecule has 2 rings (SSSR count). The number of rotatable bonds is 1. The maximum Gasteiger partial charge on any atom is 0.342 e. The molecule has 4 nitrogen and oxygen atoms in total. The molecule has 1 aromatic heterocycles. The van der Waals surface area contributed by atoms with Gasteiger partial charge in [-0.25, -0.2) is 4.79 Å². The van der Waals surface area contributed by atoms with Gasteiger partial charge < -0.3 is 15.5 Å². The van der Waals surface area contributed by atoms with Crippen LogP contribution < -0.4 is 5.73 Å². The number of carbonyl (C=O) groups excluding carboxylic acids is 1. The second-order valence-electron chi connectivity index (χ2n) is 3.40. The van der Waals surface area contributed by atoms with Crippen LogP contribution in [-0.4, -0.2) is 18.1 Å². The van der Waals surface area contributed by atoms with E-state index in [1.807, 2.05) is 25.1 Å². The number of esters is 1. The number of H-pyrrole nitrogens is 1. The number of benzene rings is 1. The molecule has 1 aromatic carbocycles. The first kappa shape index (κ1) is 9.58. The van der Waals surface area contributed by atoms with Gasteiger partial charge in [-0.3, -0.25) is 0 Å². The number of hydrogen-bond donors (Lipinski definition) is 2. The van der Waals surface area contributed by atoms with Crippen LogP contribution >= 0.6 is 0 Å². The average Bonchev–Trinajstić information content (AvgIpc) is 2.55. The van der Waals surface area contributed by atoms with Gasteiger partial charge in [0.2, 0.25) is 0 Å². The van der Waals surface area contributed by atoms with Crippen molar-refractivity contribution < 1.29 is 9.53 Å². The van der Waals surface area contributed by atoms with Crippen molar-refractivity contribution in [3.8, 4) is 0 Å². The van der Waals surface area contributed by atoms with Crippen molar-refractivity contribution in [2.45, 2.75) is 6.92 Å². The minimum absolute atomic E-state index is 0.353. The molecule has 0 amide bonds. The SMILES string of the molecule is COC(=O)c1c(N)[nH]c2cccc(C)c12. The maximum atomic E-state index is 11.5. The summed E-state index contributed by atoms with van der Waals surface area (Å²) in [4.78, 5) is 14.5. The van der Waals surface area contributed by atoms with E-state index < -0.39 is 5.97 Å². The van der Waals surface area contributed by atoms with Gasteiger partial charge in [-0.1, -0.05) is 12.1 Å². The molecule has 1 heterocycles. The average molecular weight is 204 g/mol. The number of aryl methyl sites for hydroxylation is 1. The number of nitrogens with one attached hydrogen (secondary N) is 1. The summed E-state index contributed by atoms with van der Waals surface area (Å²) in [7, 11) is 1.35. The summed E-state index contributed by atoms with van der Waals surface area (Å²) in [6, 6.07) is 5.72. The number of nitrogens with two attached hydrogens (primary N) is 1. The molecule has 0 aliphatic carbocycles. The molecule has 0 aliphatic heterocycles. The first-order chi connectivity index (χ1) is 7.15. The summed E-state index contributed by atoms with van der Waals surface area (Å²) in [5, 5.41) is 0.835. The molecule has 3 N–H and O–H groups in total. The number of ether oxygens (including phenoxy) is 1. The standard InChI is InChI=1S/C11H12N2O2/c1-6-4-3-5-7-8(6)9(10(12)13-7)11(14)15-2/h3-5,13H,12H2,1-2H3. The Morgan fingerprint density at radius 3 is 2.87 bits per heavy atom. The first-order valence-electron chi connectivity index (χ1n) is 4.60. The maximum absolute atomic E-state index is 11.5. The number of carbonyl (C=O) groups is 1. The molecule has 78 valence electrons. The van der Waals surface area contributed by atoms with Crippen LogP contribution in [0.3, 0.4) is 0 Å². The molecule has 0 bridgehead atoms. The molecule has 0 atom stereocenters. The third-order valence-corrected chi connectivity index (χ3v) is 2.45. The number of methoxy groups -OCH3 is 1. The predicted molar refractivity (Wildman–Crippen MR) is 58.8 cm³/mol. The fraction of sp³-hybridized carbons (Fsp3) is 0.182. The largest absolute Gasteiger partial charge is 0.465 e. The van der Waals surface area contributed by atoms with Crippen LogP contribution in [0, 0.1) is 6.92 Å². The van der Waals surface area contributed by atoms with Gasteiger partial charge in [0.15, 0.2) is 0 Å². The zero-order valence-electron chi connectivity index (χ0n) is 8.63. The molecule has 0 spiro atoms. The number of aromatic nitrogens is 1. The van der Waals surface area contributed by atoms with Crippen molar-refractivity contribution >= 4 is 22.7 Å². The van der Waals surface area contributed by atoms with E-state index in [1.165, 1.54) is 7.11 Å². The van der Waals surface area contributed by atoms with E-state index in [2.05, 4.69) is 4.98 Å². The number of anilines is 1. The summed E-state index contributed by atoms with van der Waals surface area (Å²) in [6.45, 7) is 1.93. The summed E-state index contributed by atoms with van der Waals surface area (Å²) in [6.07, 6.45) is 0. The van der Waals surface area contributed by atoms with E-state index in [0.29, 0.717) is 11.4 Å². The topological polar surface area (TPSA) is 68.1 Å². The Morgan fingerprint density at radius 2 is 2.20 bits per heavy atom. The lowest BCUT2D eigenvalue weighted by molar-refractivity contribution is 0.0604. The third-order valence-electron chi connectivity index (χ3n) is 2.45.